The number of piperazine rings is 3. The monoisotopic (exact) mass is 290 g/mol. The molecule has 1 aromatic rings. The Morgan fingerprint density at radius 2 is 2.00 bits per heavy atom. The van der Waals surface area contributed by atoms with Gasteiger partial charge in [0.05, 0.1) is 24.2 Å². The van der Waals surface area contributed by atoms with Crippen LogP contribution in [-0.2, 0) is 11.2 Å². The number of aromatic nitrogens is 2. The fourth-order valence-electron chi connectivity index (χ4n) is 3.56. The number of ketones is 1. The second kappa shape index (κ2) is 6.28. The topological polar surface area (TPSA) is 41.4 Å². The zero-order chi connectivity index (χ0) is 14.8. The van der Waals surface area contributed by atoms with Gasteiger partial charge in [-0.15, -0.1) is 0 Å². The van der Waals surface area contributed by atoms with Crippen LogP contribution in [0.3, 0.4) is 0 Å². The molecule has 1 atom stereocenters. The number of carbonyl (C=O) groups excluding carboxylic acids is 1. The van der Waals surface area contributed by atoms with Crippen molar-refractivity contribution in [3.8, 4) is 0 Å². The lowest BCUT2D eigenvalue weighted by molar-refractivity contribution is -0.128. The van der Waals surface area contributed by atoms with E-state index in [-0.39, 0.29) is 6.04 Å². The average Bonchev–Trinajstić information content (AvgIpc) is 2.98. The normalized spacial score (nSPS) is 28.2. The molecule has 3 aliphatic rings. The third kappa shape index (κ3) is 3.04. The van der Waals surface area contributed by atoms with Gasteiger partial charge in [0.15, 0.2) is 5.78 Å². The van der Waals surface area contributed by atoms with Crippen LogP contribution in [0.4, 0.5) is 0 Å². The zero-order valence-electron chi connectivity index (χ0n) is 13.2. The zero-order valence-corrected chi connectivity index (χ0v) is 13.2. The van der Waals surface area contributed by atoms with Gasteiger partial charge in [-0.2, -0.15) is 5.10 Å². The highest BCUT2D eigenvalue weighted by molar-refractivity contribution is 5.86. The fourth-order valence-corrected chi connectivity index (χ4v) is 3.56. The Morgan fingerprint density at radius 3 is 2.57 bits per heavy atom. The number of fused-ring (bicyclic) bond motifs is 3. The molecule has 0 amide bonds. The maximum Gasteiger partial charge on any atom is 0.157 e. The quantitative estimate of drug-likeness (QED) is 0.793. The van der Waals surface area contributed by atoms with E-state index < -0.39 is 0 Å². The summed E-state index contributed by atoms with van der Waals surface area (Å²) < 4.78 is 2.03. The van der Waals surface area contributed by atoms with Crippen LogP contribution in [-0.4, -0.2) is 64.1 Å². The number of hydrogen-bond donors (Lipinski definition) is 0. The van der Waals surface area contributed by atoms with E-state index in [9.17, 15) is 4.79 Å². The molecule has 1 aromatic heterocycles. The minimum absolute atomic E-state index is 0.0887. The van der Waals surface area contributed by atoms with Gasteiger partial charge >= 0.3 is 0 Å². The summed E-state index contributed by atoms with van der Waals surface area (Å²) in [6, 6.07) is 2.55. The van der Waals surface area contributed by atoms with E-state index in [2.05, 4.69) is 28.7 Å². The van der Waals surface area contributed by atoms with Gasteiger partial charge in [-0.25, -0.2) is 0 Å². The lowest BCUT2D eigenvalue weighted by Crippen LogP contribution is -2.63. The number of nitrogens with zero attached hydrogens (tertiary/aromatic N) is 4. The Kier molecular flexibility index (Phi) is 4.40. The summed E-state index contributed by atoms with van der Waals surface area (Å²) in [7, 11) is 0. The molecular weight excluding hydrogens is 264 g/mol. The molecule has 0 radical (unpaired) electrons. The molecular formula is C16H26N4O. The van der Waals surface area contributed by atoms with Crippen molar-refractivity contribution >= 4 is 5.78 Å². The summed E-state index contributed by atoms with van der Waals surface area (Å²) in [5, 5.41) is 4.61. The molecule has 0 aromatic carbocycles. The van der Waals surface area contributed by atoms with Crippen molar-refractivity contribution in [2.24, 2.45) is 0 Å². The third-order valence-electron chi connectivity index (χ3n) is 4.99. The predicted octanol–water partition coefficient (Wildman–Crippen LogP) is 1.36. The van der Waals surface area contributed by atoms with Gasteiger partial charge in [0.25, 0.3) is 0 Å². The van der Waals surface area contributed by atoms with Crippen molar-refractivity contribution < 1.29 is 4.79 Å². The van der Waals surface area contributed by atoms with Crippen molar-refractivity contribution in [2.45, 2.75) is 45.2 Å². The van der Waals surface area contributed by atoms with E-state index in [1.54, 1.807) is 0 Å². The number of hydrogen-bond acceptors (Lipinski definition) is 4. The van der Waals surface area contributed by atoms with Crippen molar-refractivity contribution in [2.75, 3.05) is 32.7 Å². The molecule has 4 rings (SSSR count). The Labute approximate surface area is 126 Å². The summed E-state index contributed by atoms with van der Waals surface area (Å²) >= 11 is 0. The van der Waals surface area contributed by atoms with Crippen LogP contribution in [0.15, 0.2) is 12.3 Å². The van der Waals surface area contributed by atoms with Crippen LogP contribution in [0.1, 0.15) is 38.4 Å². The molecule has 0 saturated carbocycles. The lowest BCUT2D eigenvalue weighted by atomic mass is 10.0. The molecule has 1 unspecified atom stereocenters. The fraction of sp³-hybridized carbons (Fsp3) is 0.750. The van der Waals surface area contributed by atoms with E-state index in [0.29, 0.717) is 18.2 Å². The number of rotatable bonds is 6. The number of carbonyl (C=O) groups is 1. The summed E-state index contributed by atoms with van der Waals surface area (Å²) in [4.78, 5) is 17.3. The highest BCUT2D eigenvalue weighted by Crippen LogP contribution is 2.18. The van der Waals surface area contributed by atoms with Gasteiger partial charge in [0.1, 0.15) is 0 Å². The first-order chi connectivity index (χ1) is 10.2. The molecule has 3 aliphatic heterocycles. The van der Waals surface area contributed by atoms with E-state index in [4.69, 9.17) is 0 Å². The van der Waals surface area contributed by atoms with Gasteiger partial charge in [0, 0.05) is 38.9 Å². The van der Waals surface area contributed by atoms with Crippen LogP contribution >= 0.6 is 0 Å². The summed E-state index contributed by atoms with van der Waals surface area (Å²) in [6.45, 7) is 9.59. The molecule has 0 spiro atoms. The van der Waals surface area contributed by atoms with Gasteiger partial charge in [-0.05, 0) is 18.9 Å². The van der Waals surface area contributed by atoms with Crippen LogP contribution in [0.25, 0.3) is 0 Å². The largest absolute Gasteiger partial charge is 0.299 e. The maximum atomic E-state index is 12.6. The molecule has 5 nitrogen and oxygen atoms in total. The molecule has 2 bridgehead atoms. The Morgan fingerprint density at radius 1 is 1.29 bits per heavy atom. The second-order valence-corrected chi connectivity index (χ2v) is 6.25. The summed E-state index contributed by atoms with van der Waals surface area (Å²) in [5.41, 5.74) is 0.921. The summed E-state index contributed by atoms with van der Waals surface area (Å²) in [6.07, 6.45) is 4.66. The first kappa shape index (κ1) is 14.7. The highest BCUT2D eigenvalue weighted by atomic mass is 16.1. The number of Topliss-reactive ketones (excluding diaryl/α,β-unsaturated/α-hetero) is 1. The Bertz CT molecular complexity index is 486. The third-order valence-corrected chi connectivity index (χ3v) is 4.99. The minimum atomic E-state index is 0.0887. The van der Waals surface area contributed by atoms with E-state index in [0.717, 1.165) is 51.3 Å². The molecule has 21 heavy (non-hydrogen) atoms. The van der Waals surface area contributed by atoms with E-state index in [1.807, 2.05) is 16.9 Å². The molecule has 0 N–H and O–H groups in total. The second-order valence-electron chi connectivity index (χ2n) is 6.25. The lowest BCUT2D eigenvalue weighted by Gasteiger charge is -2.46. The molecule has 3 saturated heterocycles. The maximum absolute atomic E-state index is 12.6. The molecule has 0 aliphatic carbocycles. The Balaban J connectivity index is 1.62. The molecule has 4 heterocycles. The van der Waals surface area contributed by atoms with Crippen molar-refractivity contribution in [3.05, 3.63) is 18.0 Å². The minimum Gasteiger partial charge on any atom is -0.299 e. The van der Waals surface area contributed by atoms with Gasteiger partial charge in [-0.1, -0.05) is 13.8 Å². The molecule has 116 valence electrons. The average molecular weight is 290 g/mol. The van der Waals surface area contributed by atoms with Crippen LogP contribution in [0.2, 0.25) is 0 Å². The van der Waals surface area contributed by atoms with Crippen LogP contribution in [0, 0.1) is 0 Å². The molecule has 3 fully saturated rings. The smallest absolute Gasteiger partial charge is 0.157 e. The van der Waals surface area contributed by atoms with Crippen LogP contribution < -0.4 is 0 Å². The van der Waals surface area contributed by atoms with Gasteiger partial charge in [0.2, 0.25) is 0 Å². The van der Waals surface area contributed by atoms with Crippen molar-refractivity contribution in [1.82, 2.24) is 19.6 Å². The van der Waals surface area contributed by atoms with Gasteiger partial charge in [-0.3, -0.25) is 19.3 Å². The van der Waals surface area contributed by atoms with Crippen molar-refractivity contribution in [1.29, 1.82) is 0 Å². The predicted molar refractivity (Wildman–Crippen MR) is 82.4 cm³/mol. The first-order valence-corrected chi connectivity index (χ1v) is 8.24. The highest BCUT2D eigenvalue weighted by Gasteiger charge is 2.36. The standard InChI is InChI=1S/C16H26N4O/c1-3-14(4-2)20-6-5-13(17-20)11-16(21)15-12-18-7-9-19(15)10-8-18/h5-6,14-15H,3-4,7-12H2,1-2H3. The van der Waals surface area contributed by atoms with Gasteiger partial charge < -0.3 is 0 Å². The van der Waals surface area contributed by atoms with E-state index in [1.165, 1.54) is 0 Å². The van der Waals surface area contributed by atoms with E-state index >= 15 is 0 Å². The Hall–Kier alpha value is -1.20. The van der Waals surface area contributed by atoms with Crippen LogP contribution in [0.5, 0.6) is 0 Å². The van der Waals surface area contributed by atoms with Crippen molar-refractivity contribution in [3.63, 3.8) is 0 Å². The first-order valence-electron chi connectivity index (χ1n) is 8.24. The SMILES string of the molecule is CCC(CC)n1ccc(CC(=O)C2CN3CCN2CC3)n1. The molecule has 5 heteroatoms. The summed E-state index contributed by atoms with van der Waals surface area (Å²) in [5.74, 6) is 0.328.